The first-order chi connectivity index (χ1) is 20.9. The first kappa shape index (κ1) is 28.8. The maximum Gasteiger partial charge on any atom is 0.278 e. The number of hydrogen-bond acceptors (Lipinski definition) is 8. The maximum absolute atomic E-state index is 13.6. The predicted molar refractivity (Wildman–Crippen MR) is 171 cm³/mol. The highest BCUT2D eigenvalue weighted by atomic mass is 35.5. The number of amides is 1. The Labute approximate surface area is 254 Å². The molecule has 0 spiro atoms. The van der Waals surface area contributed by atoms with Crippen molar-refractivity contribution in [2.24, 2.45) is 0 Å². The van der Waals surface area contributed by atoms with Gasteiger partial charge in [-0.15, -0.1) is 0 Å². The van der Waals surface area contributed by atoms with E-state index in [4.69, 9.17) is 21.3 Å². The average Bonchev–Trinajstić information content (AvgIpc) is 3.28. The lowest BCUT2D eigenvalue weighted by molar-refractivity contribution is -0.121. The van der Waals surface area contributed by atoms with Gasteiger partial charge in [0.05, 0.1) is 28.6 Å². The summed E-state index contributed by atoms with van der Waals surface area (Å²) in [5.41, 5.74) is 3.32. The normalized spacial score (nSPS) is 15.8. The minimum Gasteiger partial charge on any atom is -0.482 e. The molecule has 4 heterocycles. The molecule has 0 atom stereocenters. The first-order valence-electron chi connectivity index (χ1n) is 14.5. The summed E-state index contributed by atoms with van der Waals surface area (Å²) in [6.45, 7) is 8.67. The Kier molecular flexibility index (Phi) is 8.09. The summed E-state index contributed by atoms with van der Waals surface area (Å²) in [6, 6.07) is 11.4. The Bertz CT molecular complexity index is 1760. The van der Waals surface area contributed by atoms with Crippen molar-refractivity contribution in [2.75, 3.05) is 61.5 Å². The molecule has 1 amide bonds. The van der Waals surface area contributed by atoms with Gasteiger partial charge in [-0.2, -0.15) is 4.98 Å². The van der Waals surface area contributed by atoms with Crippen LogP contribution in [-0.2, 0) is 11.3 Å². The van der Waals surface area contributed by atoms with Crippen LogP contribution >= 0.6 is 11.6 Å². The highest BCUT2D eigenvalue weighted by molar-refractivity contribution is 6.33. The number of carbonyl (C=O) groups is 1. The van der Waals surface area contributed by atoms with Crippen molar-refractivity contribution < 1.29 is 9.53 Å². The van der Waals surface area contributed by atoms with Crippen LogP contribution in [0.1, 0.15) is 20.3 Å². The molecular weight excluding hydrogens is 568 g/mol. The lowest BCUT2D eigenvalue weighted by Gasteiger charge is -2.34. The summed E-state index contributed by atoms with van der Waals surface area (Å²) in [7, 11) is 2.12. The highest BCUT2D eigenvalue weighted by Crippen LogP contribution is 2.35. The van der Waals surface area contributed by atoms with Crippen molar-refractivity contribution in [1.29, 1.82) is 0 Å². The molecule has 1 fully saturated rings. The quantitative estimate of drug-likeness (QED) is 0.296. The second-order valence-electron chi connectivity index (χ2n) is 10.8. The van der Waals surface area contributed by atoms with E-state index in [1.165, 1.54) is 0 Å². The summed E-state index contributed by atoms with van der Waals surface area (Å²) < 4.78 is 9.09. The average molecular weight is 603 g/mol. The third-order valence-electron chi connectivity index (χ3n) is 7.81. The number of likely N-dealkylation sites (N-methyl/N-ethyl adjacent to an activating group) is 1. The molecule has 43 heavy (non-hydrogen) atoms. The van der Waals surface area contributed by atoms with Crippen LogP contribution in [-0.4, -0.2) is 76.5 Å². The Morgan fingerprint density at radius 3 is 2.63 bits per heavy atom. The molecule has 1 N–H and O–H groups in total. The van der Waals surface area contributed by atoms with E-state index in [1.54, 1.807) is 20.5 Å². The van der Waals surface area contributed by atoms with Crippen LogP contribution in [0.2, 0.25) is 5.02 Å². The number of allylic oxidation sites excluding steroid dienone is 2. The molecule has 11 nitrogen and oxygen atoms in total. The first-order valence-corrected chi connectivity index (χ1v) is 14.9. The van der Waals surface area contributed by atoms with Gasteiger partial charge in [0.25, 0.3) is 11.5 Å². The third-order valence-corrected chi connectivity index (χ3v) is 8.12. The zero-order valence-electron chi connectivity index (χ0n) is 24.6. The highest BCUT2D eigenvalue weighted by Gasteiger charge is 2.26. The number of ether oxygens (including phenoxy) is 1. The van der Waals surface area contributed by atoms with E-state index in [2.05, 4.69) is 27.1 Å². The van der Waals surface area contributed by atoms with Crippen LogP contribution in [0.15, 0.2) is 59.5 Å². The molecule has 1 saturated heterocycles. The van der Waals surface area contributed by atoms with Gasteiger partial charge in [0.15, 0.2) is 12.3 Å². The number of fused-ring (bicyclic) bond motifs is 2. The van der Waals surface area contributed by atoms with Gasteiger partial charge in [-0.3, -0.25) is 9.59 Å². The smallest absolute Gasteiger partial charge is 0.278 e. The SMILES string of the molecule is C/C=C\Cn1c(=O)c2cnc(Nc3ccc(N4CCN(C)CC4)c(Cl)c3)nc2n1-c1ccc2c(c1)N(CCC)C(=O)CO2. The molecule has 0 radical (unpaired) electrons. The van der Waals surface area contributed by atoms with Crippen LogP contribution in [0.5, 0.6) is 5.75 Å². The molecule has 6 rings (SSSR count). The fourth-order valence-corrected chi connectivity index (χ4v) is 5.83. The van der Waals surface area contributed by atoms with Gasteiger partial charge in [-0.05, 0) is 56.8 Å². The van der Waals surface area contributed by atoms with E-state index in [-0.39, 0.29) is 18.1 Å². The lowest BCUT2D eigenvalue weighted by atomic mass is 10.2. The molecule has 2 aromatic heterocycles. The van der Waals surface area contributed by atoms with Crippen molar-refractivity contribution in [3.63, 3.8) is 0 Å². The molecule has 2 aliphatic heterocycles. The van der Waals surface area contributed by atoms with Crippen LogP contribution in [0, 0.1) is 0 Å². The van der Waals surface area contributed by atoms with Crippen molar-refractivity contribution in [3.05, 3.63) is 70.1 Å². The fourth-order valence-electron chi connectivity index (χ4n) is 5.53. The second kappa shape index (κ2) is 12.1. The molecule has 0 bridgehead atoms. The minimum atomic E-state index is -0.213. The van der Waals surface area contributed by atoms with Crippen molar-refractivity contribution >= 4 is 51.6 Å². The van der Waals surface area contributed by atoms with E-state index in [1.807, 2.05) is 62.4 Å². The van der Waals surface area contributed by atoms with Gasteiger partial charge >= 0.3 is 0 Å². The lowest BCUT2D eigenvalue weighted by Crippen LogP contribution is -2.44. The van der Waals surface area contributed by atoms with Gasteiger partial charge in [-0.25, -0.2) is 14.3 Å². The largest absolute Gasteiger partial charge is 0.482 e. The number of carbonyl (C=O) groups excluding carboxylic acids is 1. The van der Waals surface area contributed by atoms with Gasteiger partial charge in [0, 0.05) is 44.6 Å². The van der Waals surface area contributed by atoms with Crippen LogP contribution in [0.4, 0.5) is 23.0 Å². The molecule has 2 aromatic carbocycles. The fraction of sp³-hybridized carbons (Fsp3) is 0.355. The van der Waals surface area contributed by atoms with E-state index in [9.17, 15) is 9.59 Å². The van der Waals surface area contributed by atoms with Crippen LogP contribution in [0.3, 0.4) is 0 Å². The number of nitrogens with one attached hydrogen (secondary N) is 1. The molecule has 0 aliphatic carbocycles. The number of piperazine rings is 1. The van der Waals surface area contributed by atoms with Gasteiger partial charge in [-0.1, -0.05) is 30.7 Å². The van der Waals surface area contributed by atoms with E-state index in [0.717, 1.165) is 44.0 Å². The van der Waals surface area contributed by atoms with Gasteiger partial charge in [0.2, 0.25) is 5.95 Å². The summed E-state index contributed by atoms with van der Waals surface area (Å²) in [5, 5.41) is 4.29. The van der Waals surface area contributed by atoms with Gasteiger partial charge in [0.1, 0.15) is 11.1 Å². The zero-order chi connectivity index (χ0) is 30.1. The topological polar surface area (TPSA) is 101 Å². The number of nitrogens with zero attached hydrogens (tertiary/aromatic N) is 7. The second-order valence-corrected chi connectivity index (χ2v) is 11.2. The zero-order valence-corrected chi connectivity index (χ0v) is 25.3. The Morgan fingerprint density at radius 2 is 1.88 bits per heavy atom. The summed E-state index contributed by atoms with van der Waals surface area (Å²) >= 11 is 6.71. The van der Waals surface area contributed by atoms with Crippen molar-refractivity contribution in [3.8, 4) is 11.4 Å². The summed E-state index contributed by atoms with van der Waals surface area (Å²) in [4.78, 5) is 41.8. The predicted octanol–water partition coefficient (Wildman–Crippen LogP) is 4.44. The van der Waals surface area contributed by atoms with Gasteiger partial charge < -0.3 is 24.8 Å². The number of aromatic nitrogens is 4. The molecule has 2 aliphatic rings. The monoisotopic (exact) mass is 602 g/mol. The molecule has 224 valence electrons. The number of anilines is 4. The van der Waals surface area contributed by atoms with E-state index >= 15 is 0 Å². The van der Waals surface area contributed by atoms with Crippen LogP contribution < -0.4 is 25.4 Å². The molecule has 0 unspecified atom stereocenters. The Hall–Kier alpha value is -4.35. The summed E-state index contributed by atoms with van der Waals surface area (Å²) in [5.74, 6) is 0.864. The van der Waals surface area contributed by atoms with E-state index < -0.39 is 0 Å². The molecule has 0 saturated carbocycles. The molecular formula is C31H35ClN8O3. The number of rotatable bonds is 8. The van der Waals surface area contributed by atoms with Crippen LogP contribution in [0.25, 0.3) is 16.7 Å². The molecule has 12 heteroatoms. The maximum atomic E-state index is 13.6. The Morgan fingerprint density at radius 1 is 1.07 bits per heavy atom. The standard InChI is InChI=1S/C31H35ClN8O3/c1-4-6-12-39-30(42)23-19-33-31(34-21-7-9-25(24(32)17-21)37-15-13-36(3)14-16-37)35-29(23)40(39)22-8-10-27-26(18-22)38(11-5-2)28(41)20-43-27/h4,6-10,17-19H,5,11-16,20H2,1-3H3,(H,33,34,35)/b6-4-. The summed E-state index contributed by atoms with van der Waals surface area (Å²) in [6.07, 6.45) is 6.15. The number of halogens is 1. The number of benzene rings is 2. The van der Waals surface area contributed by atoms with Crippen molar-refractivity contribution in [2.45, 2.75) is 26.8 Å². The molecule has 4 aromatic rings. The number of hydrogen-bond donors (Lipinski definition) is 1. The van der Waals surface area contributed by atoms with Crippen molar-refractivity contribution in [1.82, 2.24) is 24.2 Å². The minimum absolute atomic E-state index is 0.00737. The third kappa shape index (κ3) is 5.57. The van der Waals surface area contributed by atoms with E-state index in [0.29, 0.717) is 52.2 Å². The Balaban J connectivity index is 1.39.